The number of amides is 1. The normalized spacial score (nSPS) is 12.2. The van der Waals surface area contributed by atoms with Crippen molar-refractivity contribution in [3.63, 3.8) is 0 Å². The van der Waals surface area contributed by atoms with Gasteiger partial charge in [-0.25, -0.2) is 17.9 Å². The van der Waals surface area contributed by atoms with Crippen LogP contribution in [-0.4, -0.2) is 31.7 Å². The molecule has 25 heavy (non-hydrogen) atoms. The molecule has 0 fully saturated rings. The topological polar surface area (TPSA) is 95.5 Å². The van der Waals surface area contributed by atoms with Gasteiger partial charge in [0, 0.05) is 17.5 Å². The summed E-state index contributed by atoms with van der Waals surface area (Å²) >= 11 is 0. The molecule has 0 aliphatic heterocycles. The Balaban J connectivity index is 1.93. The van der Waals surface area contributed by atoms with Gasteiger partial charge in [0.05, 0.1) is 4.90 Å². The van der Waals surface area contributed by atoms with Gasteiger partial charge < -0.3 is 10.4 Å². The van der Waals surface area contributed by atoms with E-state index in [0.717, 1.165) is 5.39 Å². The molecule has 0 bridgehead atoms. The van der Waals surface area contributed by atoms with Crippen LogP contribution in [0.3, 0.4) is 0 Å². The molecule has 2 aromatic rings. The Kier molecular flexibility index (Phi) is 6.02. The fourth-order valence-corrected chi connectivity index (χ4v) is 4.06. The minimum Gasteiger partial charge on any atom is -0.465 e. The molecule has 0 spiro atoms. The lowest BCUT2D eigenvalue weighted by atomic mass is 9.97. The molecular weight excluding hydrogens is 340 g/mol. The monoisotopic (exact) mass is 364 g/mol. The molecule has 0 atom stereocenters. The van der Waals surface area contributed by atoms with Crippen molar-refractivity contribution in [2.24, 2.45) is 0 Å². The zero-order valence-corrected chi connectivity index (χ0v) is 15.3. The van der Waals surface area contributed by atoms with E-state index >= 15 is 0 Å². The van der Waals surface area contributed by atoms with E-state index in [-0.39, 0.29) is 4.90 Å². The van der Waals surface area contributed by atoms with E-state index in [1.165, 1.54) is 0 Å². The highest BCUT2D eigenvalue weighted by atomic mass is 32.2. The number of carbonyl (C=O) groups is 1. The number of hydrogen-bond acceptors (Lipinski definition) is 3. The van der Waals surface area contributed by atoms with Crippen molar-refractivity contribution < 1.29 is 18.3 Å². The number of hydrogen-bond donors (Lipinski definition) is 3. The van der Waals surface area contributed by atoms with Gasteiger partial charge >= 0.3 is 6.09 Å². The maximum atomic E-state index is 12.6. The van der Waals surface area contributed by atoms with Crippen LogP contribution in [-0.2, 0) is 10.0 Å². The number of fused-ring (bicyclic) bond motifs is 1. The molecule has 136 valence electrons. The molecule has 0 aliphatic carbocycles. The third kappa shape index (κ3) is 5.44. The zero-order valence-electron chi connectivity index (χ0n) is 14.5. The standard InChI is InChI=1S/C18H24N2O4S/c1-18(2,20-17(21)22)12-5-6-13-19-25(23,24)16-11-7-9-14-8-3-4-10-15(14)16/h3-4,7-11,19-20H,5-6,12-13H2,1-2H3,(H,21,22). The Morgan fingerprint density at radius 3 is 2.48 bits per heavy atom. The summed E-state index contributed by atoms with van der Waals surface area (Å²) in [7, 11) is -3.58. The number of rotatable bonds is 8. The number of sulfonamides is 1. The Morgan fingerprint density at radius 1 is 1.08 bits per heavy atom. The summed E-state index contributed by atoms with van der Waals surface area (Å²) in [6.45, 7) is 3.93. The molecule has 6 nitrogen and oxygen atoms in total. The predicted molar refractivity (Wildman–Crippen MR) is 98.2 cm³/mol. The van der Waals surface area contributed by atoms with Crippen LogP contribution >= 0.6 is 0 Å². The van der Waals surface area contributed by atoms with Crippen molar-refractivity contribution in [1.29, 1.82) is 0 Å². The van der Waals surface area contributed by atoms with Crippen molar-refractivity contribution in [3.8, 4) is 0 Å². The Bertz CT molecular complexity index is 842. The van der Waals surface area contributed by atoms with Crippen molar-refractivity contribution in [3.05, 3.63) is 42.5 Å². The first-order valence-corrected chi connectivity index (χ1v) is 9.68. The molecule has 0 aliphatic rings. The van der Waals surface area contributed by atoms with Crippen LogP contribution in [0.25, 0.3) is 10.8 Å². The molecule has 0 heterocycles. The number of unbranched alkanes of at least 4 members (excludes halogenated alkanes) is 1. The summed E-state index contributed by atoms with van der Waals surface area (Å²) < 4.78 is 27.7. The fraction of sp³-hybridized carbons (Fsp3) is 0.389. The van der Waals surface area contributed by atoms with Gasteiger partial charge in [0.1, 0.15) is 0 Å². The highest BCUT2D eigenvalue weighted by molar-refractivity contribution is 7.89. The molecule has 0 aromatic heterocycles. The Morgan fingerprint density at radius 2 is 1.76 bits per heavy atom. The lowest BCUT2D eigenvalue weighted by molar-refractivity contribution is 0.180. The SMILES string of the molecule is CC(C)(CCCCNS(=O)(=O)c1cccc2ccccc12)NC(=O)O. The predicted octanol–water partition coefficient (Wildman–Crippen LogP) is 3.33. The average Bonchev–Trinajstić information content (AvgIpc) is 2.52. The second kappa shape index (κ2) is 7.84. The van der Waals surface area contributed by atoms with Crippen LogP contribution in [0.15, 0.2) is 47.4 Å². The zero-order chi connectivity index (χ0) is 18.5. The average molecular weight is 364 g/mol. The van der Waals surface area contributed by atoms with Gasteiger partial charge in [0.25, 0.3) is 0 Å². The van der Waals surface area contributed by atoms with Crippen LogP contribution in [0.1, 0.15) is 33.1 Å². The molecular formula is C18H24N2O4S. The van der Waals surface area contributed by atoms with Gasteiger partial charge in [-0.15, -0.1) is 0 Å². The van der Waals surface area contributed by atoms with E-state index in [4.69, 9.17) is 5.11 Å². The van der Waals surface area contributed by atoms with Crippen molar-refractivity contribution in [2.75, 3.05) is 6.54 Å². The van der Waals surface area contributed by atoms with Gasteiger partial charge in [-0.1, -0.05) is 36.4 Å². The van der Waals surface area contributed by atoms with Crippen LogP contribution < -0.4 is 10.0 Å². The second-order valence-electron chi connectivity index (χ2n) is 6.65. The first-order chi connectivity index (χ1) is 11.7. The van der Waals surface area contributed by atoms with Gasteiger partial charge in [-0.2, -0.15) is 0 Å². The minimum atomic E-state index is -3.58. The highest BCUT2D eigenvalue weighted by Gasteiger charge is 2.20. The van der Waals surface area contributed by atoms with E-state index in [9.17, 15) is 13.2 Å². The fourth-order valence-electron chi connectivity index (χ4n) is 2.76. The molecule has 0 saturated carbocycles. The molecule has 2 aromatic carbocycles. The minimum absolute atomic E-state index is 0.276. The Labute approximate surface area is 148 Å². The van der Waals surface area contributed by atoms with Crippen LogP contribution in [0.5, 0.6) is 0 Å². The van der Waals surface area contributed by atoms with Gasteiger partial charge in [-0.05, 0) is 44.6 Å². The molecule has 0 unspecified atom stereocenters. The summed E-state index contributed by atoms with van der Waals surface area (Å²) in [5, 5.41) is 12.8. The quantitative estimate of drug-likeness (QED) is 0.626. The van der Waals surface area contributed by atoms with E-state index in [1.807, 2.05) is 24.3 Å². The lowest BCUT2D eigenvalue weighted by Crippen LogP contribution is -2.42. The Hall–Kier alpha value is -2.12. The van der Waals surface area contributed by atoms with Crippen LogP contribution in [0.4, 0.5) is 4.79 Å². The third-order valence-electron chi connectivity index (χ3n) is 4.01. The molecule has 7 heteroatoms. The van der Waals surface area contributed by atoms with E-state index in [0.29, 0.717) is 31.2 Å². The van der Waals surface area contributed by atoms with Crippen molar-refractivity contribution in [1.82, 2.24) is 10.0 Å². The molecule has 0 radical (unpaired) electrons. The van der Waals surface area contributed by atoms with E-state index in [1.54, 1.807) is 32.0 Å². The van der Waals surface area contributed by atoms with Crippen molar-refractivity contribution in [2.45, 2.75) is 43.5 Å². The molecule has 1 amide bonds. The third-order valence-corrected chi connectivity index (χ3v) is 5.52. The molecule has 3 N–H and O–H groups in total. The maximum absolute atomic E-state index is 12.6. The van der Waals surface area contributed by atoms with Gasteiger partial charge in [0.2, 0.25) is 10.0 Å². The second-order valence-corrected chi connectivity index (χ2v) is 8.38. The van der Waals surface area contributed by atoms with Crippen molar-refractivity contribution >= 4 is 26.9 Å². The van der Waals surface area contributed by atoms with E-state index < -0.39 is 21.7 Å². The maximum Gasteiger partial charge on any atom is 0.405 e. The summed E-state index contributed by atoms with van der Waals surface area (Å²) in [6.07, 6.45) is 0.927. The van der Waals surface area contributed by atoms with Gasteiger partial charge in [-0.3, -0.25) is 0 Å². The lowest BCUT2D eigenvalue weighted by Gasteiger charge is -2.24. The number of benzene rings is 2. The summed E-state index contributed by atoms with van der Waals surface area (Å²) in [5.41, 5.74) is -0.527. The number of nitrogens with one attached hydrogen (secondary N) is 2. The number of carboxylic acid groups (broad SMARTS) is 1. The summed E-state index contributed by atoms with van der Waals surface area (Å²) in [6, 6.07) is 12.6. The van der Waals surface area contributed by atoms with Crippen LogP contribution in [0, 0.1) is 0 Å². The first-order valence-electron chi connectivity index (χ1n) is 8.20. The molecule has 2 rings (SSSR count). The van der Waals surface area contributed by atoms with E-state index in [2.05, 4.69) is 10.0 Å². The smallest absolute Gasteiger partial charge is 0.405 e. The van der Waals surface area contributed by atoms with Crippen LogP contribution in [0.2, 0.25) is 0 Å². The molecule has 0 saturated heterocycles. The summed E-state index contributed by atoms with van der Waals surface area (Å²) in [4.78, 5) is 11.0. The first kappa shape index (κ1) is 19.2. The largest absolute Gasteiger partial charge is 0.465 e. The van der Waals surface area contributed by atoms with Gasteiger partial charge in [0.15, 0.2) is 0 Å². The summed E-state index contributed by atoms with van der Waals surface area (Å²) in [5.74, 6) is 0. The highest BCUT2D eigenvalue weighted by Crippen LogP contribution is 2.22.